The maximum Gasteiger partial charge on any atom is 0.0683 e. The first-order valence-electron chi connectivity index (χ1n) is 5.98. The fraction of sp³-hybridized carbons (Fsp3) is 0.692. The van der Waals surface area contributed by atoms with Crippen LogP contribution in [0.25, 0.3) is 0 Å². The van der Waals surface area contributed by atoms with Gasteiger partial charge >= 0.3 is 0 Å². The summed E-state index contributed by atoms with van der Waals surface area (Å²) in [5, 5.41) is 3.38. The van der Waals surface area contributed by atoms with Crippen molar-refractivity contribution in [1.82, 2.24) is 5.32 Å². The van der Waals surface area contributed by atoms with Gasteiger partial charge in [0.15, 0.2) is 0 Å². The molecule has 0 aliphatic carbocycles. The van der Waals surface area contributed by atoms with Gasteiger partial charge in [-0.1, -0.05) is 32.1 Å². The lowest BCUT2D eigenvalue weighted by Gasteiger charge is -2.13. The van der Waals surface area contributed by atoms with E-state index in [1.165, 1.54) is 12.0 Å². The zero-order valence-corrected chi connectivity index (χ0v) is 9.96. The Morgan fingerprint density at radius 1 is 1.47 bits per heavy atom. The molecule has 1 saturated heterocycles. The lowest BCUT2D eigenvalue weighted by Crippen LogP contribution is -2.20. The Balaban J connectivity index is 2.55. The summed E-state index contributed by atoms with van der Waals surface area (Å²) in [6.07, 6.45) is 8.86. The maximum atomic E-state index is 5.60. The van der Waals surface area contributed by atoms with Gasteiger partial charge in [-0.15, -0.1) is 0 Å². The van der Waals surface area contributed by atoms with Crippen LogP contribution in [0.1, 0.15) is 26.7 Å². The molecule has 1 rings (SSSR count). The molecule has 0 bridgehead atoms. The summed E-state index contributed by atoms with van der Waals surface area (Å²) >= 11 is 0. The molecule has 1 atom stereocenters. The van der Waals surface area contributed by atoms with E-state index >= 15 is 0 Å². The SMILES string of the molecule is CC/C=C\C=C1/COCCNCCC1C. The molecular weight excluding hydrogens is 186 g/mol. The Morgan fingerprint density at radius 3 is 3.13 bits per heavy atom. The molecule has 1 aliphatic rings. The van der Waals surface area contributed by atoms with Crippen molar-refractivity contribution in [2.75, 3.05) is 26.3 Å². The normalized spacial score (nSPS) is 27.6. The molecule has 0 amide bonds. The molecule has 2 heteroatoms. The first-order chi connectivity index (χ1) is 7.34. The van der Waals surface area contributed by atoms with Gasteiger partial charge in [0.2, 0.25) is 0 Å². The highest BCUT2D eigenvalue weighted by Crippen LogP contribution is 2.15. The molecule has 0 aromatic carbocycles. The van der Waals surface area contributed by atoms with Gasteiger partial charge in [-0.3, -0.25) is 0 Å². The summed E-state index contributed by atoms with van der Waals surface area (Å²) in [5.41, 5.74) is 1.42. The number of hydrogen-bond donors (Lipinski definition) is 1. The van der Waals surface area contributed by atoms with E-state index < -0.39 is 0 Å². The minimum Gasteiger partial charge on any atom is -0.376 e. The summed E-state index contributed by atoms with van der Waals surface area (Å²) in [6.45, 7) is 8.12. The average molecular weight is 209 g/mol. The summed E-state index contributed by atoms with van der Waals surface area (Å²) < 4.78 is 5.60. The van der Waals surface area contributed by atoms with Gasteiger partial charge in [-0.2, -0.15) is 0 Å². The van der Waals surface area contributed by atoms with E-state index in [2.05, 4.69) is 37.4 Å². The Labute approximate surface area is 93.4 Å². The fourth-order valence-corrected chi connectivity index (χ4v) is 1.65. The third kappa shape index (κ3) is 5.14. The highest BCUT2D eigenvalue weighted by molar-refractivity contribution is 5.15. The third-order valence-electron chi connectivity index (χ3n) is 2.76. The smallest absolute Gasteiger partial charge is 0.0683 e. The number of nitrogens with one attached hydrogen (secondary N) is 1. The molecule has 0 aromatic rings. The third-order valence-corrected chi connectivity index (χ3v) is 2.76. The molecule has 15 heavy (non-hydrogen) atoms. The fourth-order valence-electron chi connectivity index (χ4n) is 1.65. The van der Waals surface area contributed by atoms with E-state index in [0.717, 1.165) is 32.7 Å². The molecule has 0 aromatic heterocycles. The maximum absolute atomic E-state index is 5.60. The Kier molecular flexibility index (Phi) is 6.37. The van der Waals surface area contributed by atoms with Crippen LogP contribution in [0.4, 0.5) is 0 Å². The molecule has 1 heterocycles. The molecule has 1 fully saturated rings. The van der Waals surface area contributed by atoms with Crippen LogP contribution in [0.2, 0.25) is 0 Å². The largest absolute Gasteiger partial charge is 0.376 e. The van der Waals surface area contributed by atoms with Gasteiger partial charge < -0.3 is 10.1 Å². The lowest BCUT2D eigenvalue weighted by atomic mass is 9.97. The summed E-state index contributed by atoms with van der Waals surface area (Å²) in [5.74, 6) is 0.622. The Hall–Kier alpha value is -0.600. The molecule has 0 radical (unpaired) electrons. The van der Waals surface area contributed by atoms with E-state index in [4.69, 9.17) is 4.74 Å². The molecular formula is C13H23NO. The van der Waals surface area contributed by atoms with E-state index in [1.54, 1.807) is 0 Å². The van der Waals surface area contributed by atoms with E-state index in [1.807, 2.05) is 0 Å². The van der Waals surface area contributed by atoms with Crippen LogP contribution < -0.4 is 5.32 Å². The van der Waals surface area contributed by atoms with Gasteiger partial charge in [0.05, 0.1) is 13.2 Å². The highest BCUT2D eigenvalue weighted by Gasteiger charge is 2.09. The molecule has 0 spiro atoms. The number of ether oxygens (including phenoxy) is 1. The minimum absolute atomic E-state index is 0.622. The Morgan fingerprint density at radius 2 is 2.33 bits per heavy atom. The zero-order valence-electron chi connectivity index (χ0n) is 9.96. The Bertz CT molecular complexity index is 221. The van der Waals surface area contributed by atoms with Crippen molar-refractivity contribution in [3.8, 4) is 0 Å². The van der Waals surface area contributed by atoms with Crippen molar-refractivity contribution in [2.45, 2.75) is 26.7 Å². The van der Waals surface area contributed by atoms with Gasteiger partial charge in [0.1, 0.15) is 0 Å². The first-order valence-corrected chi connectivity index (χ1v) is 5.98. The van der Waals surface area contributed by atoms with Crippen LogP contribution in [0.5, 0.6) is 0 Å². The van der Waals surface area contributed by atoms with E-state index in [9.17, 15) is 0 Å². The predicted octanol–water partition coefficient (Wildman–Crippen LogP) is 2.53. The second-order valence-electron chi connectivity index (χ2n) is 4.07. The van der Waals surface area contributed by atoms with Gasteiger partial charge in [-0.05, 0) is 30.9 Å². The van der Waals surface area contributed by atoms with Crippen molar-refractivity contribution < 1.29 is 4.74 Å². The van der Waals surface area contributed by atoms with E-state index in [0.29, 0.717) is 5.92 Å². The summed E-state index contributed by atoms with van der Waals surface area (Å²) in [4.78, 5) is 0. The molecule has 0 saturated carbocycles. The second kappa shape index (κ2) is 7.66. The second-order valence-corrected chi connectivity index (χ2v) is 4.07. The van der Waals surface area contributed by atoms with Crippen LogP contribution in [0.3, 0.4) is 0 Å². The number of rotatable bonds is 2. The van der Waals surface area contributed by atoms with Gasteiger partial charge in [0.25, 0.3) is 0 Å². The predicted molar refractivity (Wildman–Crippen MR) is 65.0 cm³/mol. The quantitative estimate of drug-likeness (QED) is 0.754. The van der Waals surface area contributed by atoms with E-state index in [-0.39, 0.29) is 0 Å². The van der Waals surface area contributed by atoms with Crippen molar-refractivity contribution in [2.24, 2.45) is 5.92 Å². The number of hydrogen-bond acceptors (Lipinski definition) is 2. The van der Waals surface area contributed by atoms with Crippen LogP contribution >= 0.6 is 0 Å². The number of allylic oxidation sites excluding steroid dienone is 3. The van der Waals surface area contributed by atoms with Crippen LogP contribution in [0.15, 0.2) is 23.8 Å². The first kappa shape index (κ1) is 12.5. The highest BCUT2D eigenvalue weighted by atomic mass is 16.5. The summed E-state index contributed by atoms with van der Waals surface area (Å²) in [6, 6.07) is 0. The topological polar surface area (TPSA) is 21.3 Å². The standard InChI is InChI=1S/C13H23NO/c1-3-4-5-6-13-11-15-10-9-14-8-7-12(13)2/h4-6,12,14H,3,7-11H2,1-2H3/b5-4-,13-6+. The van der Waals surface area contributed by atoms with Crippen LogP contribution in [0, 0.1) is 5.92 Å². The van der Waals surface area contributed by atoms with Crippen molar-refractivity contribution in [3.63, 3.8) is 0 Å². The molecule has 1 unspecified atom stereocenters. The summed E-state index contributed by atoms with van der Waals surface area (Å²) in [7, 11) is 0. The molecule has 86 valence electrons. The molecule has 1 N–H and O–H groups in total. The van der Waals surface area contributed by atoms with Gasteiger partial charge in [0, 0.05) is 6.54 Å². The molecule has 1 aliphatic heterocycles. The van der Waals surface area contributed by atoms with Gasteiger partial charge in [-0.25, -0.2) is 0 Å². The van der Waals surface area contributed by atoms with Crippen molar-refractivity contribution in [3.05, 3.63) is 23.8 Å². The molecule has 2 nitrogen and oxygen atoms in total. The monoisotopic (exact) mass is 209 g/mol. The zero-order chi connectivity index (χ0) is 10.9. The van der Waals surface area contributed by atoms with Crippen LogP contribution in [-0.2, 0) is 4.74 Å². The van der Waals surface area contributed by atoms with Crippen molar-refractivity contribution >= 4 is 0 Å². The average Bonchev–Trinajstić information content (AvgIpc) is 2.33. The van der Waals surface area contributed by atoms with Crippen LogP contribution in [-0.4, -0.2) is 26.3 Å². The van der Waals surface area contributed by atoms with Crippen molar-refractivity contribution in [1.29, 1.82) is 0 Å². The lowest BCUT2D eigenvalue weighted by molar-refractivity contribution is 0.156. The minimum atomic E-state index is 0.622.